The minimum atomic E-state index is 0.145. The molecule has 0 fully saturated rings. The third kappa shape index (κ3) is 4.71. The van der Waals surface area contributed by atoms with Gasteiger partial charge in [0.05, 0.1) is 6.61 Å². The quantitative estimate of drug-likeness (QED) is 0.903. The second-order valence-electron chi connectivity index (χ2n) is 6.83. The lowest BCUT2D eigenvalue weighted by atomic mass is 10.1. The molecule has 1 unspecified atom stereocenters. The van der Waals surface area contributed by atoms with E-state index in [0.29, 0.717) is 12.5 Å². The van der Waals surface area contributed by atoms with Crippen molar-refractivity contribution in [2.45, 2.75) is 40.2 Å². The molecule has 0 aliphatic carbocycles. The zero-order valence-electron chi connectivity index (χ0n) is 13.7. The van der Waals surface area contributed by atoms with E-state index >= 15 is 0 Å². The maximum Gasteiger partial charge on any atom is 0.145 e. The Morgan fingerprint density at radius 2 is 1.95 bits per heavy atom. The lowest BCUT2D eigenvalue weighted by Crippen LogP contribution is -2.39. The third-order valence-electron chi connectivity index (χ3n) is 3.33. The third-order valence-corrected chi connectivity index (χ3v) is 3.33. The van der Waals surface area contributed by atoms with Crippen LogP contribution < -0.4 is 10.1 Å². The number of fused-ring (bicyclic) bond motifs is 1. The summed E-state index contributed by atoms with van der Waals surface area (Å²) in [6, 6.07) is 10.2. The molecule has 1 N–H and O–H groups in total. The maximum atomic E-state index is 6.00. The van der Waals surface area contributed by atoms with Gasteiger partial charge in [0, 0.05) is 29.1 Å². The zero-order chi connectivity index (χ0) is 15.5. The van der Waals surface area contributed by atoms with Crippen molar-refractivity contribution in [1.82, 2.24) is 10.3 Å². The van der Waals surface area contributed by atoms with E-state index in [-0.39, 0.29) is 5.54 Å². The molecule has 0 saturated heterocycles. The molecule has 21 heavy (non-hydrogen) atoms. The van der Waals surface area contributed by atoms with Crippen LogP contribution in [0.4, 0.5) is 0 Å². The summed E-state index contributed by atoms with van der Waals surface area (Å²) in [4.78, 5) is 4.60. The van der Waals surface area contributed by atoms with Gasteiger partial charge in [0.1, 0.15) is 11.3 Å². The van der Waals surface area contributed by atoms with E-state index in [0.717, 1.165) is 28.9 Å². The molecule has 0 bridgehead atoms. The fraction of sp³-hybridized carbons (Fsp3) is 0.500. The van der Waals surface area contributed by atoms with Crippen molar-refractivity contribution >= 4 is 10.9 Å². The average molecular weight is 286 g/mol. The fourth-order valence-corrected chi connectivity index (χ4v) is 2.11. The number of rotatable bonds is 5. The smallest absolute Gasteiger partial charge is 0.145 e. The molecule has 2 aromatic rings. The van der Waals surface area contributed by atoms with Gasteiger partial charge in [-0.15, -0.1) is 0 Å². The predicted octanol–water partition coefficient (Wildman–Crippen LogP) is 3.95. The van der Waals surface area contributed by atoms with Crippen LogP contribution in [0.25, 0.3) is 10.9 Å². The highest BCUT2D eigenvalue weighted by Crippen LogP contribution is 2.24. The van der Waals surface area contributed by atoms with Gasteiger partial charge in [-0.3, -0.25) is 0 Å². The van der Waals surface area contributed by atoms with E-state index in [4.69, 9.17) is 4.74 Å². The normalized spacial score (nSPS) is 13.4. The first kappa shape index (κ1) is 15.8. The van der Waals surface area contributed by atoms with Crippen molar-refractivity contribution in [3.63, 3.8) is 0 Å². The number of hydrogen-bond acceptors (Lipinski definition) is 3. The van der Waals surface area contributed by atoms with Crippen molar-refractivity contribution in [1.29, 1.82) is 0 Å². The van der Waals surface area contributed by atoms with Gasteiger partial charge in [0.25, 0.3) is 0 Å². The second kappa shape index (κ2) is 6.44. The summed E-state index contributed by atoms with van der Waals surface area (Å²) in [5, 5.41) is 4.63. The van der Waals surface area contributed by atoms with Crippen LogP contribution in [0.15, 0.2) is 30.3 Å². The van der Waals surface area contributed by atoms with Gasteiger partial charge >= 0.3 is 0 Å². The molecular weight excluding hydrogens is 260 g/mol. The molecular formula is C18H26N2O. The fourth-order valence-electron chi connectivity index (χ4n) is 2.11. The number of benzene rings is 1. The van der Waals surface area contributed by atoms with E-state index < -0.39 is 0 Å². The van der Waals surface area contributed by atoms with Gasteiger partial charge < -0.3 is 10.1 Å². The molecule has 0 amide bonds. The molecule has 1 heterocycles. The first-order valence-electron chi connectivity index (χ1n) is 7.59. The first-order valence-corrected chi connectivity index (χ1v) is 7.59. The number of pyridine rings is 1. The summed E-state index contributed by atoms with van der Waals surface area (Å²) in [6.45, 7) is 12.4. The summed E-state index contributed by atoms with van der Waals surface area (Å²) in [7, 11) is 0. The van der Waals surface area contributed by atoms with Gasteiger partial charge in [-0.05, 0) is 39.8 Å². The molecule has 1 atom stereocenters. The summed E-state index contributed by atoms with van der Waals surface area (Å²) in [6.07, 6.45) is 0. The van der Waals surface area contributed by atoms with Crippen LogP contribution in [0.2, 0.25) is 0 Å². The first-order chi connectivity index (χ1) is 9.85. The van der Waals surface area contributed by atoms with Crippen molar-refractivity contribution in [3.05, 3.63) is 36.0 Å². The van der Waals surface area contributed by atoms with Gasteiger partial charge in [-0.25, -0.2) is 4.98 Å². The summed E-state index contributed by atoms with van der Waals surface area (Å²) < 4.78 is 6.00. The second-order valence-corrected chi connectivity index (χ2v) is 6.83. The number of para-hydroxylation sites is 1. The molecule has 0 aliphatic heterocycles. The van der Waals surface area contributed by atoms with Crippen LogP contribution in [-0.4, -0.2) is 23.7 Å². The predicted molar refractivity (Wildman–Crippen MR) is 88.9 cm³/mol. The van der Waals surface area contributed by atoms with Crippen LogP contribution in [0, 0.1) is 12.8 Å². The standard InChI is InChI=1S/C18H26N2O/c1-13(11-19-18(3,4)5)12-21-16-8-6-7-15-10-9-14(2)20-17(15)16/h6-10,13,19H,11-12H2,1-5H3. The molecule has 0 radical (unpaired) electrons. The Bertz CT molecular complexity index is 602. The number of hydrogen-bond donors (Lipinski definition) is 1. The van der Waals surface area contributed by atoms with Crippen LogP contribution >= 0.6 is 0 Å². The SMILES string of the molecule is Cc1ccc2cccc(OCC(C)CNC(C)(C)C)c2n1. The molecule has 1 aromatic carbocycles. The van der Waals surface area contributed by atoms with Crippen LogP contribution in [0.1, 0.15) is 33.4 Å². The van der Waals surface area contributed by atoms with Gasteiger partial charge in [-0.2, -0.15) is 0 Å². The van der Waals surface area contributed by atoms with E-state index in [1.807, 2.05) is 25.1 Å². The monoisotopic (exact) mass is 286 g/mol. The topological polar surface area (TPSA) is 34.1 Å². The zero-order valence-corrected chi connectivity index (χ0v) is 13.7. The largest absolute Gasteiger partial charge is 0.491 e. The highest BCUT2D eigenvalue weighted by atomic mass is 16.5. The Labute approximate surface area is 127 Å². The molecule has 114 valence electrons. The lowest BCUT2D eigenvalue weighted by molar-refractivity contribution is 0.246. The minimum Gasteiger partial charge on any atom is -0.491 e. The number of aryl methyl sites for hydroxylation is 1. The molecule has 0 saturated carbocycles. The van der Waals surface area contributed by atoms with Crippen LogP contribution in [0.5, 0.6) is 5.75 Å². The van der Waals surface area contributed by atoms with Crippen molar-refractivity contribution in [2.24, 2.45) is 5.92 Å². The summed E-state index contributed by atoms with van der Waals surface area (Å²) in [5.74, 6) is 1.32. The van der Waals surface area contributed by atoms with Gasteiger partial charge in [0.15, 0.2) is 0 Å². The number of aromatic nitrogens is 1. The Hall–Kier alpha value is -1.61. The van der Waals surface area contributed by atoms with Crippen molar-refractivity contribution in [2.75, 3.05) is 13.2 Å². The molecule has 3 heteroatoms. The van der Waals surface area contributed by atoms with E-state index in [1.54, 1.807) is 0 Å². The molecule has 0 aliphatic rings. The van der Waals surface area contributed by atoms with Gasteiger partial charge in [0.2, 0.25) is 0 Å². The van der Waals surface area contributed by atoms with Gasteiger partial charge in [-0.1, -0.05) is 25.1 Å². The maximum absolute atomic E-state index is 6.00. The highest BCUT2D eigenvalue weighted by Gasteiger charge is 2.12. The van der Waals surface area contributed by atoms with E-state index in [2.05, 4.69) is 50.1 Å². The van der Waals surface area contributed by atoms with Crippen molar-refractivity contribution < 1.29 is 4.74 Å². The molecule has 3 nitrogen and oxygen atoms in total. The van der Waals surface area contributed by atoms with E-state index in [9.17, 15) is 0 Å². The number of nitrogens with one attached hydrogen (secondary N) is 1. The molecule has 2 rings (SSSR count). The lowest BCUT2D eigenvalue weighted by Gasteiger charge is -2.23. The summed E-state index contributed by atoms with van der Waals surface area (Å²) in [5.41, 5.74) is 2.11. The molecule has 0 spiro atoms. The number of ether oxygens (including phenoxy) is 1. The Balaban J connectivity index is 2.02. The van der Waals surface area contributed by atoms with E-state index in [1.165, 1.54) is 0 Å². The van der Waals surface area contributed by atoms with Crippen molar-refractivity contribution in [3.8, 4) is 5.75 Å². The average Bonchev–Trinajstić information content (AvgIpc) is 2.42. The molecule has 1 aromatic heterocycles. The summed E-state index contributed by atoms with van der Waals surface area (Å²) >= 11 is 0. The van der Waals surface area contributed by atoms with Crippen LogP contribution in [-0.2, 0) is 0 Å². The number of nitrogens with zero attached hydrogens (tertiary/aromatic N) is 1. The van der Waals surface area contributed by atoms with Crippen LogP contribution in [0.3, 0.4) is 0 Å². The highest BCUT2D eigenvalue weighted by molar-refractivity contribution is 5.84. The Morgan fingerprint density at radius 3 is 2.67 bits per heavy atom. The Morgan fingerprint density at radius 1 is 1.19 bits per heavy atom. The Kier molecular flexibility index (Phi) is 4.84. The minimum absolute atomic E-state index is 0.145.